The molecule has 0 aliphatic rings. The Hall–Kier alpha value is -4.39. The molecule has 0 aliphatic heterocycles. The number of hydrogen-bond acceptors (Lipinski definition) is 6. The SMILES string of the molecule is CCc1cccc2c(O)c(N=Nc3cccc(C(=O)Nc4ccccc4OC)c3O)ccc12. The van der Waals surface area contributed by atoms with Crippen molar-refractivity contribution in [3.05, 3.63) is 83.9 Å². The molecule has 0 atom stereocenters. The molecule has 1 amide bonds. The zero-order valence-electron chi connectivity index (χ0n) is 18.2. The van der Waals surface area contributed by atoms with Gasteiger partial charge in [0.2, 0.25) is 0 Å². The summed E-state index contributed by atoms with van der Waals surface area (Å²) in [5.41, 5.74) is 2.00. The third kappa shape index (κ3) is 4.34. The van der Waals surface area contributed by atoms with Crippen molar-refractivity contribution in [2.45, 2.75) is 13.3 Å². The molecule has 0 radical (unpaired) electrons. The first-order valence-electron chi connectivity index (χ1n) is 10.4. The van der Waals surface area contributed by atoms with Crippen LogP contribution in [0.1, 0.15) is 22.8 Å². The second-order valence-corrected chi connectivity index (χ2v) is 7.33. The van der Waals surface area contributed by atoms with E-state index >= 15 is 0 Å². The van der Waals surface area contributed by atoms with Crippen molar-refractivity contribution in [2.24, 2.45) is 10.2 Å². The summed E-state index contributed by atoms with van der Waals surface area (Å²) in [6.45, 7) is 2.05. The van der Waals surface area contributed by atoms with Gasteiger partial charge in [0, 0.05) is 5.39 Å². The number of aromatic hydroxyl groups is 2. The highest BCUT2D eigenvalue weighted by Crippen LogP contribution is 2.38. The van der Waals surface area contributed by atoms with Gasteiger partial charge in [0.15, 0.2) is 11.5 Å². The lowest BCUT2D eigenvalue weighted by atomic mass is 10.0. The maximum atomic E-state index is 12.8. The molecule has 0 aliphatic carbocycles. The summed E-state index contributed by atoms with van der Waals surface area (Å²) in [6.07, 6.45) is 0.842. The maximum Gasteiger partial charge on any atom is 0.259 e. The summed E-state index contributed by atoms with van der Waals surface area (Å²) in [5, 5.41) is 33.9. The van der Waals surface area contributed by atoms with E-state index < -0.39 is 5.91 Å². The molecule has 166 valence electrons. The van der Waals surface area contributed by atoms with Crippen molar-refractivity contribution in [3.63, 3.8) is 0 Å². The van der Waals surface area contributed by atoms with Gasteiger partial charge < -0.3 is 20.3 Å². The van der Waals surface area contributed by atoms with Gasteiger partial charge in [-0.25, -0.2) is 0 Å². The molecule has 0 saturated carbocycles. The Morgan fingerprint density at radius 2 is 1.58 bits per heavy atom. The molecule has 4 aromatic rings. The third-order valence-corrected chi connectivity index (χ3v) is 5.36. The van der Waals surface area contributed by atoms with Crippen LogP contribution in [0.4, 0.5) is 17.1 Å². The molecular formula is C26H23N3O4. The van der Waals surface area contributed by atoms with Crippen LogP contribution < -0.4 is 10.1 Å². The molecular weight excluding hydrogens is 418 g/mol. The molecule has 4 rings (SSSR count). The number of fused-ring (bicyclic) bond motifs is 1. The fourth-order valence-corrected chi connectivity index (χ4v) is 3.63. The molecule has 0 heterocycles. The Morgan fingerprint density at radius 3 is 2.33 bits per heavy atom. The van der Waals surface area contributed by atoms with Crippen molar-refractivity contribution in [2.75, 3.05) is 12.4 Å². The Kier molecular flexibility index (Phi) is 6.22. The molecule has 33 heavy (non-hydrogen) atoms. The Morgan fingerprint density at radius 1 is 0.848 bits per heavy atom. The molecule has 0 fully saturated rings. The molecule has 0 aromatic heterocycles. The van der Waals surface area contributed by atoms with Crippen molar-refractivity contribution < 1.29 is 19.7 Å². The van der Waals surface area contributed by atoms with Crippen LogP contribution in [0, 0.1) is 0 Å². The van der Waals surface area contributed by atoms with E-state index in [1.165, 1.54) is 19.2 Å². The van der Waals surface area contributed by atoms with Gasteiger partial charge >= 0.3 is 0 Å². The highest BCUT2D eigenvalue weighted by Gasteiger charge is 2.16. The maximum absolute atomic E-state index is 12.8. The standard InChI is InChI=1S/C26H23N3O4/c1-3-16-8-6-9-18-17(16)14-15-22(24(18)30)29-28-21-12-7-10-19(25(21)31)26(32)27-20-11-4-5-13-23(20)33-2/h4-15,30-31H,3H2,1-2H3,(H,27,32). The normalized spacial score (nSPS) is 11.1. The van der Waals surface area contributed by atoms with Crippen molar-refractivity contribution in [1.29, 1.82) is 0 Å². The van der Waals surface area contributed by atoms with Crippen LogP contribution in [-0.2, 0) is 6.42 Å². The number of amides is 1. The summed E-state index contributed by atoms with van der Waals surface area (Å²) >= 11 is 0. The first-order valence-corrected chi connectivity index (χ1v) is 10.4. The average Bonchev–Trinajstić information content (AvgIpc) is 2.84. The topological polar surface area (TPSA) is 104 Å². The molecule has 7 nitrogen and oxygen atoms in total. The smallest absolute Gasteiger partial charge is 0.259 e. The van der Waals surface area contributed by atoms with Crippen LogP contribution >= 0.6 is 0 Å². The molecule has 0 unspecified atom stereocenters. The van der Waals surface area contributed by atoms with Gasteiger partial charge in [0.1, 0.15) is 17.1 Å². The van der Waals surface area contributed by atoms with Gasteiger partial charge in [-0.2, -0.15) is 0 Å². The van der Waals surface area contributed by atoms with Gasteiger partial charge in [-0.15, -0.1) is 10.2 Å². The molecule has 0 bridgehead atoms. The van der Waals surface area contributed by atoms with Crippen LogP contribution in [0.25, 0.3) is 10.8 Å². The third-order valence-electron chi connectivity index (χ3n) is 5.36. The number of para-hydroxylation sites is 3. The molecule has 3 N–H and O–H groups in total. The zero-order valence-corrected chi connectivity index (χ0v) is 18.2. The molecule has 4 aromatic carbocycles. The van der Waals surface area contributed by atoms with E-state index in [-0.39, 0.29) is 28.4 Å². The van der Waals surface area contributed by atoms with Crippen molar-refractivity contribution >= 4 is 33.7 Å². The van der Waals surface area contributed by atoms with Crippen molar-refractivity contribution in [3.8, 4) is 17.2 Å². The summed E-state index contributed by atoms with van der Waals surface area (Å²) in [7, 11) is 1.51. The second kappa shape index (κ2) is 9.40. The number of phenolic OH excluding ortho intramolecular Hbond substituents is 2. The molecule has 0 saturated heterocycles. The Bertz CT molecular complexity index is 1370. The lowest BCUT2D eigenvalue weighted by molar-refractivity contribution is 0.102. The lowest BCUT2D eigenvalue weighted by Crippen LogP contribution is -2.12. The highest BCUT2D eigenvalue weighted by molar-refractivity contribution is 6.07. The van der Waals surface area contributed by atoms with Crippen LogP contribution in [0.2, 0.25) is 0 Å². The Labute approximate surface area is 191 Å². The van der Waals surface area contributed by atoms with Gasteiger partial charge in [0.05, 0.1) is 18.4 Å². The van der Waals surface area contributed by atoms with Crippen LogP contribution in [0.5, 0.6) is 17.2 Å². The first-order chi connectivity index (χ1) is 16.0. The number of methoxy groups -OCH3 is 1. The number of azo groups is 1. The number of aryl methyl sites for hydroxylation is 1. The van der Waals surface area contributed by atoms with Crippen LogP contribution in [-0.4, -0.2) is 23.2 Å². The molecule has 0 spiro atoms. The summed E-state index contributed by atoms with van der Waals surface area (Å²) in [5.74, 6) is -0.327. The van der Waals surface area contributed by atoms with Gasteiger partial charge in [0.25, 0.3) is 5.91 Å². The minimum absolute atomic E-state index is 0.0103. The van der Waals surface area contributed by atoms with Crippen LogP contribution in [0.3, 0.4) is 0 Å². The number of nitrogens with one attached hydrogen (secondary N) is 1. The number of nitrogens with zero attached hydrogens (tertiary/aromatic N) is 2. The number of phenols is 2. The number of carbonyl (C=O) groups is 1. The number of hydrogen-bond donors (Lipinski definition) is 3. The van der Waals surface area contributed by atoms with E-state index in [0.29, 0.717) is 16.8 Å². The number of rotatable bonds is 6. The monoisotopic (exact) mass is 441 g/mol. The summed E-state index contributed by atoms with van der Waals surface area (Å²) in [4.78, 5) is 12.8. The van der Waals surface area contributed by atoms with Crippen molar-refractivity contribution in [1.82, 2.24) is 0 Å². The van der Waals surface area contributed by atoms with E-state index in [1.807, 2.05) is 24.3 Å². The minimum atomic E-state index is -0.519. The zero-order chi connectivity index (χ0) is 23.4. The Balaban J connectivity index is 1.63. The average molecular weight is 441 g/mol. The van der Waals surface area contributed by atoms with E-state index in [0.717, 1.165) is 17.4 Å². The van der Waals surface area contributed by atoms with Crippen LogP contribution in [0.15, 0.2) is 83.0 Å². The fraction of sp³-hybridized carbons (Fsp3) is 0.115. The van der Waals surface area contributed by atoms with E-state index in [9.17, 15) is 15.0 Å². The van der Waals surface area contributed by atoms with Gasteiger partial charge in [-0.1, -0.05) is 49.4 Å². The molecule has 7 heteroatoms. The van der Waals surface area contributed by atoms with E-state index in [2.05, 4.69) is 22.5 Å². The largest absolute Gasteiger partial charge is 0.505 e. The van der Waals surface area contributed by atoms with E-state index in [4.69, 9.17) is 4.74 Å². The fourth-order valence-electron chi connectivity index (χ4n) is 3.63. The van der Waals surface area contributed by atoms with Gasteiger partial charge in [-0.3, -0.25) is 4.79 Å². The summed E-state index contributed by atoms with van der Waals surface area (Å²) < 4.78 is 5.25. The lowest BCUT2D eigenvalue weighted by Gasteiger charge is -2.11. The number of anilines is 1. The summed E-state index contributed by atoms with van der Waals surface area (Å²) in [6, 6.07) is 20.9. The first kappa shape index (κ1) is 21.8. The number of benzene rings is 4. The number of ether oxygens (including phenoxy) is 1. The minimum Gasteiger partial charge on any atom is -0.505 e. The van der Waals surface area contributed by atoms with Gasteiger partial charge in [-0.05, 0) is 47.7 Å². The highest BCUT2D eigenvalue weighted by atomic mass is 16.5. The number of carbonyl (C=O) groups excluding carboxylic acids is 1. The quantitative estimate of drug-likeness (QED) is 0.298. The second-order valence-electron chi connectivity index (χ2n) is 7.33. The van der Waals surface area contributed by atoms with E-state index in [1.54, 1.807) is 36.4 Å². The predicted molar refractivity (Wildman–Crippen MR) is 128 cm³/mol. The predicted octanol–water partition coefficient (Wildman–Crippen LogP) is 6.49.